The monoisotopic (exact) mass is 1290 g/mol. The Morgan fingerprint density at radius 3 is 1.67 bits per heavy atom. The van der Waals surface area contributed by atoms with Gasteiger partial charge in [-0.15, -0.1) is 0 Å². The Bertz CT molecular complexity index is 2390. The van der Waals surface area contributed by atoms with Crippen LogP contribution in [0, 0.1) is 5.41 Å². The average molecular weight is 1290 g/mol. The van der Waals surface area contributed by atoms with Gasteiger partial charge in [0.25, 0.3) is 0 Å². The maximum Gasteiger partial charge on any atom is 0.481 e. The van der Waals surface area contributed by atoms with Gasteiger partial charge in [-0.2, -0.15) is 4.31 Å². The van der Waals surface area contributed by atoms with Gasteiger partial charge in [0.1, 0.15) is 42.0 Å². The number of nitrogen functional groups attached to an aromatic ring is 1. The van der Waals surface area contributed by atoms with Crippen molar-refractivity contribution in [1.82, 2.24) is 30.2 Å². The van der Waals surface area contributed by atoms with Gasteiger partial charge < -0.3 is 50.9 Å². The number of Topliss-reactive ketones (excluding diaryl/α,β-unsaturated/α-hetero) is 1. The van der Waals surface area contributed by atoms with Crippen LogP contribution < -0.4 is 16.4 Å². The number of carbonyl (C=O) groups excluding carboxylic acids is 4. The number of aliphatic hydroxyl groups is 2. The molecule has 2 aromatic heterocycles. The van der Waals surface area contributed by atoms with Crippen LogP contribution in [0.5, 0.6) is 0 Å². The maximum atomic E-state index is 12.8. The molecular formula is C56H102N7O18P3S. The minimum Gasteiger partial charge on any atom is -0.386 e. The Hall–Kier alpha value is -2.77. The summed E-state index contributed by atoms with van der Waals surface area (Å²) in [6.07, 6.45) is 31.5. The zero-order valence-electron chi connectivity index (χ0n) is 50.6. The summed E-state index contributed by atoms with van der Waals surface area (Å²) in [6.45, 7) is 2.83. The van der Waals surface area contributed by atoms with Crippen molar-refractivity contribution in [2.24, 2.45) is 5.41 Å². The van der Waals surface area contributed by atoms with Crippen LogP contribution in [0.1, 0.15) is 239 Å². The van der Waals surface area contributed by atoms with E-state index in [1.165, 1.54) is 155 Å². The Morgan fingerprint density at radius 2 is 1.16 bits per heavy atom. The molecule has 0 aliphatic carbocycles. The lowest BCUT2D eigenvalue weighted by atomic mass is 9.87. The summed E-state index contributed by atoms with van der Waals surface area (Å²) in [7, 11) is -16.4. The number of hydrogen-bond acceptors (Lipinski definition) is 19. The van der Waals surface area contributed by atoms with Crippen molar-refractivity contribution in [3.8, 4) is 0 Å². The lowest BCUT2D eigenvalue weighted by Crippen LogP contribution is -2.46. The van der Waals surface area contributed by atoms with E-state index in [-0.39, 0.29) is 41.6 Å². The highest BCUT2D eigenvalue weighted by Crippen LogP contribution is 2.61. The minimum absolute atomic E-state index is 0.0322. The minimum atomic E-state index is -5.59. The van der Waals surface area contributed by atoms with E-state index < -0.39 is 84.6 Å². The van der Waals surface area contributed by atoms with E-state index in [9.17, 15) is 62.7 Å². The molecule has 0 bridgehead atoms. The Kier molecular flexibility index (Phi) is 38.0. The molecule has 29 heteroatoms. The first-order valence-electron chi connectivity index (χ1n) is 31.0. The highest BCUT2D eigenvalue weighted by molar-refractivity contribution is 8.13. The molecular weight excluding hydrogens is 1180 g/mol. The second-order valence-corrected chi connectivity index (χ2v) is 28.4. The number of rotatable bonds is 52. The Balaban J connectivity index is 1.12. The molecule has 3 rings (SSSR count). The number of nitrogens with zero attached hydrogens (tertiary/aromatic N) is 4. The van der Waals surface area contributed by atoms with E-state index in [1.54, 1.807) is 0 Å². The third kappa shape index (κ3) is 33.6. The van der Waals surface area contributed by atoms with E-state index in [1.807, 2.05) is 0 Å². The molecule has 490 valence electrons. The topological polar surface area (TPSA) is 381 Å². The second-order valence-electron chi connectivity index (χ2n) is 23.0. The van der Waals surface area contributed by atoms with Gasteiger partial charge in [-0.3, -0.25) is 37.3 Å². The predicted octanol–water partition coefficient (Wildman–Crippen LogP) is 10.7. The van der Waals surface area contributed by atoms with E-state index in [2.05, 4.69) is 41.3 Å². The number of amides is 2. The Labute approximate surface area is 507 Å². The summed E-state index contributed by atoms with van der Waals surface area (Å²) < 4.78 is 62.7. The largest absolute Gasteiger partial charge is 0.481 e. The van der Waals surface area contributed by atoms with Crippen molar-refractivity contribution in [2.45, 2.75) is 263 Å². The van der Waals surface area contributed by atoms with Gasteiger partial charge in [0.05, 0.1) is 19.5 Å². The molecule has 2 unspecified atom stereocenters. The molecule has 10 N–H and O–H groups in total. The number of aromatic nitrogens is 4. The molecule has 0 saturated carbocycles. The Morgan fingerprint density at radius 1 is 0.682 bits per heavy atom. The van der Waals surface area contributed by atoms with Crippen molar-refractivity contribution in [3.05, 3.63) is 12.7 Å². The zero-order chi connectivity index (χ0) is 62.6. The first-order valence-corrected chi connectivity index (χ1v) is 36.5. The summed E-state index contributed by atoms with van der Waals surface area (Å²) in [4.78, 5) is 101. The first kappa shape index (κ1) is 76.5. The van der Waals surface area contributed by atoms with Crippen molar-refractivity contribution in [1.29, 1.82) is 0 Å². The van der Waals surface area contributed by atoms with Gasteiger partial charge in [0.2, 0.25) is 11.8 Å². The van der Waals surface area contributed by atoms with Gasteiger partial charge in [-0.25, -0.2) is 28.6 Å². The van der Waals surface area contributed by atoms with Crippen molar-refractivity contribution in [3.63, 3.8) is 0 Å². The van der Waals surface area contributed by atoms with Gasteiger partial charge in [-0.05, 0) is 19.3 Å². The molecule has 85 heavy (non-hydrogen) atoms. The lowest BCUT2D eigenvalue weighted by Gasteiger charge is -2.30. The fraction of sp³-hybridized carbons (Fsp3) is 0.839. The molecule has 2 amide bonds. The van der Waals surface area contributed by atoms with E-state index in [4.69, 9.17) is 19.5 Å². The molecule has 1 aliphatic heterocycles. The summed E-state index contributed by atoms with van der Waals surface area (Å²) in [6, 6.07) is 0. The highest BCUT2D eigenvalue weighted by atomic mass is 32.2. The van der Waals surface area contributed by atoms with Crippen LogP contribution in [0.25, 0.3) is 11.2 Å². The number of ketones is 1. The van der Waals surface area contributed by atoms with Crippen LogP contribution in [0.3, 0.4) is 0 Å². The molecule has 7 atom stereocenters. The molecule has 0 aromatic carbocycles. The number of anilines is 1. The molecule has 1 fully saturated rings. The molecule has 1 aliphatic rings. The van der Waals surface area contributed by atoms with E-state index >= 15 is 0 Å². The maximum absolute atomic E-state index is 12.8. The number of nitrogens with two attached hydrogens (primary N) is 1. The normalized spacial score (nSPS) is 18.3. The van der Waals surface area contributed by atoms with Crippen LogP contribution >= 0.6 is 35.2 Å². The fourth-order valence-electron chi connectivity index (χ4n) is 9.90. The van der Waals surface area contributed by atoms with E-state index in [0.717, 1.165) is 86.8 Å². The van der Waals surface area contributed by atoms with Gasteiger partial charge in [0, 0.05) is 49.9 Å². The number of phosphoric acid groups is 3. The van der Waals surface area contributed by atoms with Crippen molar-refractivity contribution >= 4 is 74.9 Å². The van der Waals surface area contributed by atoms with Crippen LogP contribution in [-0.2, 0) is 55.5 Å². The molecule has 2 aromatic rings. The second kappa shape index (κ2) is 42.3. The summed E-state index contributed by atoms with van der Waals surface area (Å²) >= 11 is 1.15. The number of hydrogen-bond donors (Lipinski definition) is 9. The number of ether oxygens (including phenoxy) is 1. The number of unbranched alkanes of at least 4 members (excludes halogenated alkanes) is 27. The summed E-state index contributed by atoms with van der Waals surface area (Å²) in [5.41, 5.74) is 4.29. The first-order chi connectivity index (χ1) is 40.4. The molecule has 0 spiro atoms. The molecule has 3 heterocycles. The van der Waals surface area contributed by atoms with Gasteiger partial charge in [-0.1, -0.05) is 199 Å². The van der Waals surface area contributed by atoms with Crippen LogP contribution in [0.2, 0.25) is 0 Å². The summed E-state index contributed by atoms with van der Waals surface area (Å²) in [5.74, 6) is -0.586. The average Bonchev–Trinajstić information content (AvgIpc) is 2.01. The number of aliphatic hydroxyl groups excluding tert-OH is 2. The fourth-order valence-corrected chi connectivity index (χ4v) is 13.4. The van der Waals surface area contributed by atoms with Crippen molar-refractivity contribution < 1.29 is 85.3 Å². The molecule has 1 saturated heterocycles. The third-order valence-corrected chi connectivity index (χ3v) is 18.9. The standard InChI is InChI=1S/C56H102N7O18P3S/c1-4-5-6-7-8-9-10-11-12-15-18-21-24-27-30-33-44(64)34-31-28-25-22-19-16-13-14-17-20-23-26-29-32-35-47(66)85-39-38-58-46(65)36-37-59-54(69)51(68)56(2,3)41-78-84(75,76)81-83(73,74)77-40-45-50(80-82(70,71)72)49(67)55(79-45)63-43-62-48-52(57)60-42-61-53(48)63/h42-43,45,49-51,55,67-68H,4-41H2,1-3H3,(H,58,65)(H,59,69)(H,73,74)(H,75,76)(H2,57,60,61)(H2,70,71,72)/t45-,49-,50-,51+,55-/m1/s1. The summed E-state index contributed by atoms with van der Waals surface area (Å²) in [5, 5.41) is 26.8. The van der Waals surface area contributed by atoms with E-state index in [0.29, 0.717) is 18.0 Å². The third-order valence-electron chi connectivity index (χ3n) is 14.9. The number of thioether (sulfide) groups is 1. The predicted molar refractivity (Wildman–Crippen MR) is 326 cm³/mol. The number of imidazole rings is 1. The van der Waals surface area contributed by atoms with Crippen LogP contribution in [0.15, 0.2) is 12.7 Å². The van der Waals surface area contributed by atoms with Crippen LogP contribution in [-0.4, -0.2) is 128 Å². The van der Waals surface area contributed by atoms with Crippen LogP contribution in [0.4, 0.5) is 5.82 Å². The smallest absolute Gasteiger partial charge is 0.386 e. The number of phosphoric ester groups is 3. The number of fused-ring (bicyclic) bond motifs is 1. The number of nitrogens with one attached hydrogen (secondary N) is 2. The quantitative estimate of drug-likeness (QED) is 0.0219. The highest BCUT2D eigenvalue weighted by Gasteiger charge is 2.50. The zero-order valence-corrected chi connectivity index (χ0v) is 54.1. The SMILES string of the molecule is CCCCCCCCCCCCCCCCCC(=O)CCCCCCCCCCCCCCCCC(=O)SCCNC(=O)CCNC(=O)[C@H](O)C(C)(C)COP(=O)(O)OP(=O)(O)OC[C@H]1O[C@@H](n2cnc3c(N)ncnc32)[C@H](O)[C@@H]1OP(=O)(O)O. The van der Waals surface area contributed by atoms with Gasteiger partial charge in [0.15, 0.2) is 22.8 Å². The van der Waals surface area contributed by atoms with Gasteiger partial charge >= 0.3 is 23.5 Å². The lowest BCUT2D eigenvalue weighted by molar-refractivity contribution is -0.137. The molecule has 25 nitrogen and oxygen atoms in total. The number of carbonyl (C=O) groups is 4. The van der Waals surface area contributed by atoms with Crippen molar-refractivity contribution in [2.75, 3.05) is 37.8 Å². The molecule has 0 radical (unpaired) electrons.